The molecule has 0 unspecified atom stereocenters. The van der Waals surface area contributed by atoms with Crippen molar-refractivity contribution in [3.8, 4) is 0 Å². The summed E-state index contributed by atoms with van der Waals surface area (Å²) in [5, 5.41) is 9.16. The van der Waals surface area contributed by atoms with Crippen molar-refractivity contribution in [1.29, 1.82) is 0 Å². The Morgan fingerprint density at radius 1 is 1.05 bits per heavy atom. The number of nitrogens with zero attached hydrogens (tertiary/aromatic N) is 2. The standard InChI is InChI=1S/C14H24N2O3/c1-15(11-7-4-2-3-5-8-11)14(19)16-10-6-9-12(16)13(17)18/h11-12H,2-10H2,1H3,(H,17,18)/t12-/m1/s1. The molecule has 0 radical (unpaired) electrons. The Morgan fingerprint density at radius 2 is 1.68 bits per heavy atom. The predicted octanol–water partition coefficient (Wildman–Crippen LogP) is 2.31. The van der Waals surface area contributed by atoms with Gasteiger partial charge in [-0.05, 0) is 25.7 Å². The molecule has 0 spiro atoms. The molecule has 19 heavy (non-hydrogen) atoms. The Balaban J connectivity index is 1.99. The summed E-state index contributed by atoms with van der Waals surface area (Å²) >= 11 is 0. The van der Waals surface area contributed by atoms with E-state index >= 15 is 0 Å². The SMILES string of the molecule is CN(C(=O)N1CCC[C@@H]1C(=O)O)C1CCCCCC1. The van der Waals surface area contributed by atoms with Gasteiger partial charge in [-0.2, -0.15) is 0 Å². The molecule has 1 N–H and O–H groups in total. The Kier molecular flexibility index (Phi) is 4.66. The van der Waals surface area contributed by atoms with E-state index in [4.69, 9.17) is 5.11 Å². The Hall–Kier alpha value is -1.26. The van der Waals surface area contributed by atoms with Crippen LogP contribution < -0.4 is 0 Å². The van der Waals surface area contributed by atoms with Crippen LogP contribution in [0.25, 0.3) is 0 Å². The number of likely N-dealkylation sites (tertiary alicyclic amines) is 1. The number of hydrogen-bond donors (Lipinski definition) is 1. The van der Waals surface area contributed by atoms with Crippen LogP contribution >= 0.6 is 0 Å². The normalized spacial score (nSPS) is 25.1. The second kappa shape index (κ2) is 6.26. The predicted molar refractivity (Wildman–Crippen MR) is 72.0 cm³/mol. The minimum Gasteiger partial charge on any atom is -0.480 e. The average Bonchev–Trinajstić information content (AvgIpc) is 2.73. The first-order valence-corrected chi connectivity index (χ1v) is 7.37. The van der Waals surface area contributed by atoms with E-state index in [1.54, 1.807) is 4.90 Å². The smallest absolute Gasteiger partial charge is 0.326 e. The lowest BCUT2D eigenvalue weighted by Gasteiger charge is -2.33. The number of aliphatic carboxylic acids is 1. The number of rotatable bonds is 2. The highest BCUT2D eigenvalue weighted by atomic mass is 16.4. The molecule has 0 bridgehead atoms. The molecule has 5 nitrogen and oxygen atoms in total. The number of carbonyl (C=O) groups excluding carboxylic acids is 1. The van der Waals surface area contributed by atoms with Crippen LogP contribution in [0.3, 0.4) is 0 Å². The van der Waals surface area contributed by atoms with Crippen molar-refractivity contribution in [2.24, 2.45) is 0 Å². The highest BCUT2D eigenvalue weighted by Crippen LogP contribution is 2.24. The molecule has 2 fully saturated rings. The fraction of sp³-hybridized carbons (Fsp3) is 0.857. The van der Waals surface area contributed by atoms with Crippen molar-refractivity contribution >= 4 is 12.0 Å². The summed E-state index contributed by atoms with van der Waals surface area (Å²) in [5.74, 6) is -0.875. The highest BCUT2D eigenvalue weighted by Gasteiger charge is 2.36. The van der Waals surface area contributed by atoms with E-state index in [0.717, 1.165) is 19.3 Å². The van der Waals surface area contributed by atoms with Gasteiger partial charge in [-0.15, -0.1) is 0 Å². The molecule has 1 aliphatic carbocycles. The van der Waals surface area contributed by atoms with Gasteiger partial charge in [0.1, 0.15) is 6.04 Å². The maximum Gasteiger partial charge on any atom is 0.326 e. The third-order valence-electron chi connectivity index (χ3n) is 4.46. The zero-order chi connectivity index (χ0) is 13.8. The minimum absolute atomic E-state index is 0.100. The van der Waals surface area contributed by atoms with Gasteiger partial charge in [-0.1, -0.05) is 25.7 Å². The zero-order valence-electron chi connectivity index (χ0n) is 11.7. The molecule has 2 rings (SSSR count). The van der Waals surface area contributed by atoms with E-state index in [2.05, 4.69) is 0 Å². The zero-order valence-corrected chi connectivity index (χ0v) is 11.7. The van der Waals surface area contributed by atoms with Crippen LogP contribution in [-0.4, -0.2) is 52.6 Å². The summed E-state index contributed by atoms with van der Waals surface area (Å²) < 4.78 is 0. The first-order valence-electron chi connectivity index (χ1n) is 7.37. The molecule has 2 amide bonds. The number of carbonyl (C=O) groups is 2. The van der Waals surface area contributed by atoms with Gasteiger partial charge in [-0.25, -0.2) is 9.59 Å². The Bertz CT molecular complexity index is 338. The number of carboxylic acid groups (broad SMARTS) is 1. The van der Waals surface area contributed by atoms with Gasteiger partial charge in [0.05, 0.1) is 0 Å². The lowest BCUT2D eigenvalue weighted by atomic mass is 10.1. The van der Waals surface area contributed by atoms with Crippen molar-refractivity contribution < 1.29 is 14.7 Å². The van der Waals surface area contributed by atoms with E-state index in [9.17, 15) is 9.59 Å². The molecule has 1 aliphatic heterocycles. The fourth-order valence-electron chi connectivity index (χ4n) is 3.26. The number of carboxylic acids is 1. The third-order valence-corrected chi connectivity index (χ3v) is 4.46. The van der Waals surface area contributed by atoms with Gasteiger partial charge >= 0.3 is 12.0 Å². The van der Waals surface area contributed by atoms with Crippen molar-refractivity contribution in [2.75, 3.05) is 13.6 Å². The van der Waals surface area contributed by atoms with Gasteiger partial charge in [0.15, 0.2) is 0 Å². The number of amides is 2. The molecule has 2 aliphatic rings. The molecule has 0 aromatic rings. The van der Waals surface area contributed by atoms with Crippen LogP contribution in [0.5, 0.6) is 0 Å². The van der Waals surface area contributed by atoms with Crippen LogP contribution in [0.1, 0.15) is 51.4 Å². The molecule has 108 valence electrons. The lowest BCUT2D eigenvalue weighted by molar-refractivity contribution is -0.141. The van der Waals surface area contributed by atoms with Crippen LogP contribution in [-0.2, 0) is 4.79 Å². The lowest BCUT2D eigenvalue weighted by Crippen LogP contribution is -2.49. The summed E-state index contributed by atoms with van der Waals surface area (Å²) in [7, 11) is 1.83. The van der Waals surface area contributed by atoms with Gasteiger partial charge in [-0.3, -0.25) is 0 Å². The summed E-state index contributed by atoms with van der Waals surface area (Å²) in [5.41, 5.74) is 0. The first kappa shape index (κ1) is 14.2. The first-order chi connectivity index (χ1) is 9.11. The molecule has 1 saturated carbocycles. The van der Waals surface area contributed by atoms with Crippen LogP contribution in [0.2, 0.25) is 0 Å². The summed E-state index contributed by atoms with van der Waals surface area (Å²) in [6, 6.07) is -0.442. The van der Waals surface area contributed by atoms with Gasteiger partial charge in [0, 0.05) is 19.6 Å². The van der Waals surface area contributed by atoms with Crippen molar-refractivity contribution in [2.45, 2.75) is 63.5 Å². The largest absolute Gasteiger partial charge is 0.480 e. The molecule has 1 atom stereocenters. The van der Waals surface area contributed by atoms with Crippen LogP contribution in [0, 0.1) is 0 Å². The van der Waals surface area contributed by atoms with Crippen molar-refractivity contribution in [1.82, 2.24) is 9.80 Å². The highest BCUT2D eigenvalue weighted by molar-refractivity contribution is 5.83. The van der Waals surface area contributed by atoms with Gasteiger partial charge in [0.25, 0.3) is 0 Å². The maximum absolute atomic E-state index is 12.5. The summed E-state index contributed by atoms with van der Waals surface area (Å²) in [6.07, 6.45) is 8.32. The van der Waals surface area contributed by atoms with Gasteiger partial charge < -0.3 is 14.9 Å². The molecular weight excluding hydrogens is 244 g/mol. The van der Waals surface area contributed by atoms with Crippen molar-refractivity contribution in [3.63, 3.8) is 0 Å². The summed E-state index contributed by atoms with van der Waals surface area (Å²) in [6.45, 7) is 0.576. The number of hydrogen-bond acceptors (Lipinski definition) is 2. The third kappa shape index (κ3) is 3.19. The number of urea groups is 1. The quantitative estimate of drug-likeness (QED) is 0.782. The van der Waals surface area contributed by atoms with Crippen molar-refractivity contribution in [3.05, 3.63) is 0 Å². The molecule has 5 heteroatoms. The monoisotopic (exact) mass is 268 g/mol. The molecule has 0 aromatic carbocycles. The minimum atomic E-state index is -0.875. The molecule has 1 heterocycles. The molecule has 1 saturated heterocycles. The average molecular weight is 268 g/mol. The van der Waals surface area contributed by atoms with Crippen LogP contribution in [0.15, 0.2) is 0 Å². The van der Waals surface area contributed by atoms with Gasteiger partial charge in [0.2, 0.25) is 0 Å². The topological polar surface area (TPSA) is 60.9 Å². The summed E-state index contributed by atoms with van der Waals surface area (Å²) in [4.78, 5) is 26.9. The molecular formula is C14H24N2O3. The fourth-order valence-corrected chi connectivity index (χ4v) is 3.26. The Labute approximate surface area is 114 Å². The second-order valence-corrected chi connectivity index (χ2v) is 5.73. The van der Waals surface area contributed by atoms with E-state index in [-0.39, 0.29) is 12.1 Å². The maximum atomic E-state index is 12.5. The van der Waals surface area contributed by atoms with Crippen LogP contribution in [0.4, 0.5) is 4.79 Å². The van der Waals surface area contributed by atoms with E-state index in [1.165, 1.54) is 30.6 Å². The van der Waals surface area contributed by atoms with E-state index in [0.29, 0.717) is 13.0 Å². The molecule has 0 aromatic heterocycles. The Morgan fingerprint density at radius 3 is 2.26 bits per heavy atom. The van der Waals surface area contributed by atoms with E-state index in [1.807, 2.05) is 7.05 Å². The second-order valence-electron chi connectivity index (χ2n) is 5.73. The van der Waals surface area contributed by atoms with E-state index < -0.39 is 12.0 Å².